The second-order valence-corrected chi connectivity index (χ2v) is 5.55. The van der Waals surface area contributed by atoms with E-state index in [0.29, 0.717) is 17.0 Å². The van der Waals surface area contributed by atoms with E-state index in [1.807, 2.05) is 31.4 Å². The topological polar surface area (TPSA) is 57.0 Å². The molecule has 2 heterocycles. The molecule has 0 fully saturated rings. The molecule has 21 heavy (non-hydrogen) atoms. The Morgan fingerprint density at radius 1 is 1.33 bits per heavy atom. The average Bonchev–Trinajstić information content (AvgIpc) is 2.89. The van der Waals surface area contributed by atoms with Crippen LogP contribution in [0.1, 0.15) is 30.0 Å². The standard InChI is InChI=1S/C15H15ClFN3O/c1-7-4-10(9(3)21-7)8(2)20-14-5-11(16)12(17)6-13(14)19-15(20)18/h4-6,8H,1-3H3,(H2,18,19). The number of rotatable bonds is 2. The summed E-state index contributed by atoms with van der Waals surface area (Å²) in [5, 5.41) is 0.0518. The molecule has 6 heteroatoms. The normalized spacial score (nSPS) is 13.0. The van der Waals surface area contributed by atoms with Crippen LogP contribution in [0, 0.1) is 19.7 Å². The first-order chi connectivity index (χ1) is 9.88. The van der Waals surface area contributed by atoms with Gasteiger partial charge in [-0.05, 0) is 32.9 Å². The van der Waals surface area contributed by atoms with Crippen LogP contribution in [0.15, 0.2) is 22.6 Å². The average molecular weight is 308 g/mol. The zero-order valence-corrected chi connectivity index (χ0v) is 12.7. The molecule has 1 unspecified atom stereocenters. The molecule has 0 aliphatic heterocycles. The Morgan fingerprint density at radius 2 is 2.05 bits per heavy atom. The largest absolute Gasteiger partial charge is 0.466 e. The summed E-state index contributed by atoms with van der Waals surface area (Å²) in [6, 6.07) is 4.73. The molecule has 0 saturated heterocycles. The van der Waals surface area contributed by atoms with E-state index in [4.69, 9.17) is 21.8 Å². The molecule has 0 aliphatic rings. The molecule has 110 valence electrons. The van der Waals surface area contributed by atoms with Gasteiger partial charge in [0, 0.05) is 11.6 Å². The van der Waals surface area contributed by atoms with Crippen LogP contribution in [0.4, 0.5) is 10.3 Å². The summed E-state index contributed by atoms with van der Waals surface area (Å²) in [6.07, 6.45) is 0. The quantitative estimate of drug-likeness (QED) is 0.770. The number of imidazole rings is 1. The van der Waals surface area contributed by atoms with Gasteiger partial charge in [0.1, 0.15) is 17.3 Å². The Kier molecular flexibility index (Phi) is 3.17. The first-order valence-electron chi connectivity index (χ1n) is 6.58. The first-order valence-corrected chi connectivity index (χ1v) is 6.95. The fourth-order valence-electron chi connectivity index (χ4n) is 2.72. The van der Waals surface area contributed by atoms with Crippen LogP contribution in [0.5, 0.6) is 0 Å². The van der Waals surface area contributed by atoms with E-state index in [9.17, 15) is 4.39 Å². The summed E-state index contributed by atoms with van der Waals surface area (Å²) in [7, 11) is 0. The van der Waals surface area contributed by atoms with Crippen molar-refractivity contribution < 1.29 is 8.81 Å². The molecule has 3 aromatic rings. The Morgan fingerprint density at radius 3 is 2.67 bits per heavy atom. The van der Waals surface area contributed by atoms with Gasteiger partial charge in [-0.25, -0.2) is 9.37 Å². The molecular weight excluding hydrogens is 293 g/mol. The second-order valence-electron chi connectivity index (χ2n) is 5.14. The maximum absolute atomic E-state index is 13.5. The van der Waals surface area contributed by atoms with Gasteiger partial charge in [0.25, 0.3) is 0 Å². The fraction of sp³-hybridized carbons (Fsp3) is 0.267. The van der Waals surface area contributed by atoms with Crippen molar-refractivity contribution in [3.05, 3.63) is 46.1 Å². The summed E-state index contributed by atoms with van der Waals surface area (Å²) in [4.78, 5) is 4.21. The van der Waals surface area contributed by atoms with E-state index in [-0.39, 0.29) is 11.1 Å². The van der Waals surface area contributed by atoms with E-state index < -0.39 is 5.82 Å². The van der Waals surface area contributed by atoms with Crippen LogP contribution in [0.25, 0.3) is 11.0 Å². The minimum absolute atomic E-state index is 0.0518. The molecule has 3 rings (SSSR count). The van der Waals surface area contributed by atoms with Gasteiger partial charge in [0.05, 0.1) is 22.1 Å². The summed E-state index contributed by atoms with van der Waals surface area (Å²) >= 11 is 5.88. The van der Waals surface area contributed by atoms with Gasteiger partial charge >= 0.3 is 0 Å². The van der Waals surface area contributed by atoms with Gasteiger partial charge in [0.15, 0.2) is 0 Å². The fourth-order valence-corrected chi connectivity index (χ4v) is 2.88. The van der Waals surface area contributed by atoms with Crippen LogP contribution in [-0.4, -0.2) is 9.55 Å². The van der Waals surface area contributed by atoms with Gasteiger partial charge in [-0.2, -0.15) is 0 Å². The number of aryl methyl sites for hydroxylation is 2. The summed E-state index contributed by atoms with van der Waals surface area (Å²) in [5.74, 6) is 1.48. The lowest BCUT2D eigenvalue weighted by atomic mass is 10.1. The van der Waals surface area contributed by atoms with Crippen molar-refractivity contribution in [3.63, 3.8) is 0 Å². The Labute approximate surface area is 126 Å². The predicted molar refractivity (Wildman–Crippen MR) is 81.1 cm³/mol. The molecule has 0 spiro atoms. The van der Waals surface area contributed by atoms with Crippen molar-refractivity contribution in [3.8, 4) is 0 Å². The van der Waals surface area contributed by atoms with Crippen molar-refractivity contribution >= 4 is 28.6 Å². The lowest BCUT2D eigenvalue weighted by Gasteiger charge is -2.15. The highest BCUT2D eigenvalue weighted by molar-refractivity contribution is 6.31. The Balaban J connectivity index is 2.22. The van der Waals surface area contributed by atoms with Gasteiger partial charge in [0.2, 0.25) is 5.95 Å². The number of anilines is 1. The van der Waals surface area contributed by atoms with Crippen LogP contribution in [0.2, 0.25) is 5.02 Å². The van der Waals surface area contributed by atoms with Crippen molar-refractivity contribution in [1.29, 1.82) is 0 Å². The third kappa shape index (κ3) is 2.17. The maximum atomic E-state index is 13.5. The monoisotopic (exact) mass is 307 g/mol. The Bertz CT molecular complexity index is 837. The molecule has 0 bridgehead atoms. The highest BCUT2D eigenvalue weighted by Crippen LogP contribution is 2.32. The number of nitrogens with zero attached hydrogens (tertiary/aromatic N) is 2. The van der Waals surface area contributed by atoms with E-state index in [0.717, 1.165) is 17.1 Å². The maximum Gasteiger partial charge on any atom is 0.201 e. The minimum atomic E-state index is -0.503. The molecule has 1 atom stereocenters. The molecule has 2 N–H and O–H groups in total. The number of aromatic nitrogens is 2. The molecule has 0 amide bonds. The van der Waals surface area contributed by atoms with Crippen molar-refractivity contribution in [2.45, 2.75) is 26.8 Å². The van der Waals surface area contributed by atoms with Gasteiger partial charge in [-0.3, -0.25) is 0 Å². The number of halogens is 2. The number of hydrogen-bond acceptors (Lipinski definition) is 3. The van der Waals surface area contributed by atoms with Crippen molar-refractivity contribution in [2.24, 2.45) is 0 Å². The number of fused-ring (bicyclic) bond motifs is 1. The number of nitrogens with two attached hydrogens (primary N) is 1. The molecule has 0 radical (unpaired) electrons. The van der Waals surface area contributed by atoms with Crippen LogP contribution in [-0.2, 0) is 0 Å². The SMILES string of the molecule is Cc1cc(C(C)n2c(N)nc3cc(F)c(Cl)cc32)c(C)o1. The zero-order valence-electron chi connectivity index (χ0n) is 11.9. The lowest BCUT2D eigenvalue weighted by Crippen LogP contribution is -2.10. The van der Waals surface area contributed by atoms with Crippen molar-refractivity contribution in [2.75, 3.05) is 5.73 Å². The van der Waals surface area contributed by atoms with E-state index in [2.05, 4.69) is 4.98 Å². The van der Waals surface area contributed by atoms with Gasteiger partial charge in [-0.15, -0.1) is 0 Å². The van der Waals surface area contributed by atoms with Crippen molar-refractivity contribution in [1.82, 2.24) is 9.55 Å². The molecular formula is C15H15ClFN3O. The van der Waals surface area contributed by atoms with Gasteiger partial charge in [-0.1, -0.05) is 11.6 Å². The van der Waals surface area contributed by atoms with Crippen LogP contribution >= 0.6 is 11.6 Å². The highest BCUT2D eigenvalue weighted by Gasteiger charge is 2.20. The van der Waals surface area contributed by atoms with Crippen LogP contribution in [0.3, 0.4) is 0 Å². The third-order valence-corrected chi connectivity index (χ3v) is 3.97. The zero-order chi connectivity index (χ0) is 15.3. The van der Waals surface area contributed by atoms with E-state index in [1.165, 1.54) is 6.07 Å². The summed E-state index contributed by atoms with van der Waals surface area (Å²) in [5.41, 5.74) is 8.20. The second kappa shape index (κ2) is 4.77. The number of benzene rings is 1. The van der Waals surface area contributed by atoms with E-state index in [1.54, 1.807) is 6.07 Å². The van der Waals surface area contributed by atoms with Crippen LogP contribution < -0.4 is 5.73 Å². The summed E-state index contributed by atoms with van der Waals surface area (Å²) in [6.45, 7) is 5.79. The number of hydrogen-bond donors (Lipinski definition) is 1. The van der Waals surface area contributed by atoms with Gasteiger partial charge < -0.3 is 14.7 Å². The van der Waals surface area contributed by atoms with E-state index >= 15 is 0 Å². The molecule has 1 aromatic carbocycles. The minimum Gasteiger partial charge on any atom is -0.466 e. The molecule has 4 nitrogen and oxygen atoms in total. The highest BCUT2D eigenvalue weighted by atomic mass is 35.5. The lowest BCUT2D eigenvalue weighted by molar-refractivity contribution is 0.495. The molecule has 0 saturated carbocycles. The smallest absolute Gasteiger partial charge is 0.201 e. The number of nitrogen functional groups attached to an aromatic ring is 1. The third-order valence-electron chi connectivity index (χ3n) is 3.68. The number of furan rings is 1. The predicted octanol–water partition coefficient (Wildman–Crippen LogP) is 4.23. The Hall–Kier alpha value is -2.01. The molecule has 0 aliphatic carbocycles. The first kappa shape index (κ1) is 13.9. The summed E-state index contributed by atoms with van der Waals surface area (Å²) < 4.78 is 20.9. The molecule has 2 aromatic heterocycles.